The summed E-state index contributed by atoms with van der Waals surface area (Å²) >= 11 is 0. The van der Waals surface area contributed by atoms with Crippen molar-refractivity contribution in [1.29, 1.82) is 0 Å². The van der Waals surface area contributed by atoms with Crippen molar-refractivity contribution in [3.8, 4) is 23.0 Å². The second-order valence-corrected chi connectivity index (χ2v) is 11.6. The van der Waals surface area contributed by atoms with Gasteiger partial charge < -0.3 is 34.7 Å². The predicted octanol–water partition coefficient (Wildman–Crippen LogP) is 6.97. The highest BCUT2D eigenvalue weighted by Crippen LogP contribution is 2.43. The van der Waals surface area contributed by atoms with Crippen LogP contribution in [0.3, 0.4) is 0 Å². The van der Waals surface area contributed by atoms with Crippen LogP contribution in [0.2, 0.25) is 0 Å². The smallest absolute Gasteiger partial charge is 0.140 e. The standard InChI is InChI=1S/C35H38N2O5/c1-21-22(2)34-27(23(3)33(21)39)16-17-35(4,42-34)20-41-26-14-12-24(13-15-26)36-18-25(38)19-40-31-11-7-10-30-32(31)28-8-5-6-9-29(28)37-30/h5-15,25,36-39H,16-20H2,1-4H3. The molecule has 42 heavy (non-hydrogen) atoms. The molecule has 4 N–H and O–H groups in total. The summed E-state index contributed by atoms with van der Waals surface area (Å²) in [5.74, 6) is 2.75. The van der Waals surface area contributed by atoms with E-state index in [4.69, 9.17) is 14.2 Å². The summed E-state index contributed by atoms with van der Waals surface area (Å²) in [6.45, 7) is 8.89. The van der Waals surface area contributed by atoms with Crippen molar-refractivity contribution in [3.05, 3.63) is 89.0 Å². The zero-order chi connectivity index (χ0) is 29.4. The fourth-order valence-electron chi connectivity index (χ4n) is 5.77. The number of H-pyrrole nitrogens is 1. The molecule has 0 radical (unpaired) electrons. The van der Waals surface area contributed by atoms with E-state index in [9.17, 15) is 10.2 Å². The van der Waals surface area contributed by atoms with Gasteiger partial charge in [-0.25, -0.2) is 0 Å². The SMILES string of the molecule is Cc1c(C)c2c(c(C)c1O)CCC(C)(COc1ccc(NCC(O)COc3cccc4[nH]c5ccccc5c34)cc1)O2. The van der Waals surface area contributed by atoms with Crippen LogP contribution in [0.1, 0.15) is 35.6 Å². The second kappa shape index (κ2) is 11.1. The number of phenolic OH excluding ortho intramolecular Hbond substituents is 1. The quantitative estimate of drug-likeness (QED) is 0.154. The molecule has 0 saturated carbocycles. The van der Waals surface area contributed by atoms with Crippen LogP contribution in [0.4, 0.5) is 5.69 Å². The summed E-state index contributed by atoms with van der Waals surface area (Å²) in [5, 5.41) is 26.5. The fraction of sp³-hybridized carbons (Fsp3) is 0.314. The van der Waals surface area contributed by atoms with Gasteiger partial charge in [0.15, 0.2) is 0 Å². The van der Waals surface area contributed by atoms with E-state index in [2.05, 4.69) is 23.3 Å². The topological polar surface area (TPSA) is 96.0 Å². The molecule has 1 aromatic heterocycles. The Morgan fingerprint density at radius 2 is 1.69 bits per heavy atom. The number of fused-ring (bicyclic) bond motifs is 4. The third kappa shape index (κ3) is 5.32. The number of aromatic amines is 1. The largest absolute Gasteiger partial charge is 0.507 e. The number of para-hydroxylation sites is 1. The van der Waals surface area contributed by atoms with Crippen molar-refractivity contribution < 1.29 is 24.4 Å². The lowest BCUT2D eigenvalue weighted by Gasteiger charge is -2.37. The number of rotatable bonds is 9. The van der Waals surface area contributed by atoms with Crippen LogP contribution in [-0.2, 0) is 6.42 Å². The third-order valence-corrected chi connectivity index (χ3v) is 8.46. The van der Waals surface area contributed by atoms with Gasteiger partial charge >= 0.3 is 0 Å². The Morgan fingerprint density at radius 3 is 2.50 bits per heavy atom. The third-order valence-electron chi connectivity index (χ3n) is 8.46. The zero-order valence-corrected chi connectivity index (χ0v) is 24.6. The molecule has 4 aromatic carbocycles. The molecule has 0 saturated heterocycles. The molecular formula is C35H38N2O5. The van der Waals surface area contributed by atoms with E-state index in [-0.39, 0.29) is 6.61 Å². The van der Waals surface area contributed by atoms with Crippen molar-refractivity contribution in [2.75, 3.05) is 25.1 Å². The molecular weight excluding hydrogens is 528 g/mol. The Labute approximate surface area is 246 Å². The number of aromatic nitrogens is 1. The van der Waals surface area contributed by atoms with Gasteiger partial charge in [-0.1, -0.05) is 24.3 Å². The van der Waals surface area contributed by atoms with E-state index in [1.807, 2.05) is 81.4 Å². The summed E-state index contributed by atoms with van der Waals surface area (Å²) < 4.78 is 18.7. The molecule has 5 aromatic rings. The monoisotopic (exact) mass is 566 g/mol. The van der Waals surface area contributed by atoms with Crippen molar-refractivity contribution in [2.24, 2.45) is 0 Å². The van der Waals surface area contributed by atoms with Crippen LogP contribution in [0, 0.1) is 20.8 Å². The van der Waals surface area contributed by atoms with Crippen LogP contribution >= 0.6 is 0 Å². The van der Waals surface area contributed by atoms with Gasteiger partial charge in [0.2, 0.25) is 0 Å². The molecule has 2 unspecified atom stereocenters. The van der Waals surface area contributed by atoms with Crippen LogP contribution < -0.4 is 19.5 Å². The molecule has 218 valence electrons. The van der Waals surface area contributed by atoms with E-state index in [1.54, 1.807) is 0 Å². The molecule has 0 fully saturated rings. The summed E-state index contributed by atoms with van der Waals surface area (Å²) in [5.41, 5.74) is 6.33. The maximum atomic E-state index is 10.6. The summed E-state index contributed by atoms with van der Waals surface area (Å²) in [7, 11) is 0. The first kappa shape index (κ1) is 27.8. The molecule has 0 bridgehead atoms. The number of hydrogen-bond donors (Lipinski definition) is 4. The number of benzene rings is 4. The van der Waals surface area contributed by atoms with Gasteiger partial charge in [-0.15, -0.1) is 0 Å². The molecule has 0 amide bonds. The van der Waals surface area contributed by atoms with Crippen LogP contribution in [-0.4, -0.2) is 46.7 Å². The molecule has 7 nitrogen and oxygen atoms in total. The fourth-order valence-corrected chi connectivity index (χ4v) is 5.77. The first-order valence-corrected chi connectivity index (χ1v) is 14.5. The number of aromatic hydroxyl groups is 1. The number of phenols is 1. The Balaban J connectivity index is 1.01. The number of hydrogen-bond acceptors (Lipinski definition) is 6. The maximum absolute atomic E-state index is 10.6. The highest BCUT2D eigenvalue weighted by atomic mass is 16.5. The van der Waals surface area contributed by atoms with Crippen molar-refractivity contribution in [1.82, 2.24) is 4.98 Å². The molecule has 0 aliphatic carbocycles. The second-order valence-electron chi connectivity index (χ2n) is 11.6. The van der Waals surface area contributed by atoms with E-state index in [0.29, 0.717) is 18.9 Å². The van der Waals surface area contributed by atoms with Crippen molar-refractivity contribution >= 4 is 27.5 Å². The van der Waals surface area contributed by atoms with Gasteiger partial charge in [-0.2, -0.15) is 0 Å². The van der Waals surface area contributed by atoms with Crippen LogP contribution in [0.15, 0.2) is 66.7 Å². The average molecular weight is 567 g/mol. The summed E-state index contributed by atoms with van der Waals surface area (Å²) in [4.78, 5) is 3.42. The lowest BCUT2D eigenvalue weighted by molar-refractivity contribution is 0.0166. The Morgan fingerprint density at radius 1 is 0.929 bits per heavy atom. The van der Waals surface area contributed by atoms with Gasteiger partial charge in [0.1, 0.15) is 47.9 Å². The van der Waals surface area contributed by atoms with Gasteiger partial charge in [0.25, 0.3) is 0 Å². The van der Waals surface area contributed by atoms with E-state index in [1.165, 1.54) is 0 Å². The Kier molecular flexibility index (Phi) is 7.37. The Bertz CT molecular complexity index is 1740. The number of aliphatic hydroxyl groups is 1. The molecule has 2 atom stereocenters. The van der Waals surface area contributed by atoms with Crippen LogP contribution in [0.5, 0.6) is 23.0 Å². The van der Waals surface area contributed by atoms with E-state index in [0.717, 1.165) is 79.8 Å². The lowest BCUT2D eigenvalue weighted by atomic mass is 9.87. The van der Waals surface area contributed by atoms with Crippen molar-refractivity contribution in [3.63, 3.8) is 0 Å². The predicted molar refractivity (Wildman–Crippen MR) is 167 cm³/mol. The molecule has 6 rings (SSSR count). The summed E-state index contributed by atoms with van der Waals surface area (Å²) in [6.07, 6.45) is 0.948. The Hall–Kier alpha value is -4.36. The van der Waals surface area contributed by atoms with Gasteiger partial charge in [0, 0.05) is 34.1 Å². The minimum atomic E-state index is -0.690. The van der Waals surface area contributed by atoms with Gasteiger partial charge in [0.05, 0.1) is 5.52 Å². The van der Waals surface area contributed by atoms with Gasteiger partial charge in [-0.05, 0) is 99.7 Å². The first-order valence-electron chi connectivity index (χ1n) is 14.5. The number of anilines is 1. The van der Waals surface area contributed by atoms with E-state index >= 15 is 0 Å². The molecule has 7 heteroatoms. The zero-order valence-electron chi connectivity index (χ0n) is 24.6. The van der Waals surface area contributed by atoms with Crippen molar-refractivity contribution in [2.45, 2.75) is 52.2 Å². The highest BCUT2D eigenvalue weighted by molar-refractivity contribution is 6.10. The molecule has 2 heterocycles. The lowest BCUT2D eigenvalue weighted by Crippen LogP contribution is -2.42. The normalized spacial score (nSPS) is 17.1. The number of ether oxygens (including phenoxy) is 3. The van der Waals surface area contributed by atoms with E-state index < -0.39 is 11.7 Å². The maximum Gasteiger partial charge on any atom is 0.140 e. The van der Waals surface area contributed by atoms with Crippen LogP contribution in [0.25, 0.3) is 21.8 Å². The minimum Gasteiger partial charge on any atom is -0.507 e. The number of aliphatic hydroxyl groups excluding tert-OH is 1. The average Bonchev–Trinajstić information content (AvgIpc) is 3.39. The molecule has 1 aliphatic heterocycles. The summed E-state index contributed by atoms with van der Waals surface area (Å²) in [6, 6.07) is 21.8. The minimum absolute atomic E-state index is 0.173. The first-order chi connectivity index (χ1) is 20.2. The highest BCUT2D eigenvalue weighted by Gasteiger charge is 2.35. The van der Waals surface area contributed by atoms with Gasteiger partial charge in [-0.3, -0.25) is 0 Å². The number of nitrogens with one attached hydrogen (secondary N) is 2. The molecule has 0 spiro atoms. The molecule has 1 aliphatic rings.